The van der Waals surface area contributed by atoms with E-state index in [1.54, 1.807) is 0 Å². The van der Waals surface area contributed by atoms with Crippen LogP contribution >= 0.6 is 0 Å². The van der Waals surface area contributed by atoms with Crippen LogP contribution in [0.1, 0.15) is 258 Å². The van der Waals surface area contributed by atoms with Crippen LogP contribution in [0, 0.1) is 0 Å². The van der Waals surface area contributed by atoms with E-state index in [-0.39, 0.29) is 38.6 Å². The molecule has 0 aliphatic heterocycles. The lowest BCUT2D eigenvalue weighted by atomic mass is 10.0. The molecular formula is C74H124NO8+. The van der Waals surface area contributed by atoms with Crippen molar-refractivity contribution in [1.29, 1.82) is 0 Å². The third kappa shape index (κ3) is 64.8. The van der Waals surface area contributed by atoms with Crippen LogP contribution in [0.4, 0.5) is 0 Å². The third-order valence-corrected chi connectivity index (χ3v) is 13.9. The largest absolute Gasteiger partial charge is 0.477 e. The number of hydrogen-bond donors (Lipinski definition) is 1. The number of carboxylic acid groups (broad SMARTS) is 1. The second kappa shape index (κ2) is 63.5. The van der Waals surface area contributed by atoms with E-state index >= 15 is 0 Å². The number of allylic oxidation sites excluding steroid dienone is 22. The SMILES string of the molecule is CC/C=C\C/C=C\C/C=C\C/C=C\C/C=C\C/C=C\CCCCCCCCCCCCCCCCCCC(=O)OC(COC(=O)CCCCCCCCC/C=C\C/C=C\C/C=C\C/C=C\C/C=C\CC)COC(OCC[N+](C)(C)C)C(=O)O. The van der Waals surface area contributed by atoms with Crippen molar-refractivity contribution in [3.05, 3.63) is 134 Å². The fourth-order valence-electron chi connectivity index (χ4n) is 8.87. The molecule has 1 N–H and O–H groups in total. The molecule has 0 radical (unpaired) electrons. The maximum atomic E-state index is 12.9. The lowest BCUT2D eigenvalue weighted by molar-refractivity contribution is -0.870. The topological polar surface area (TPSA) is 108 Å². The summed E-state index contributed by atoms with van der Waals surface area (Å²) < 4.78 is 22.9. The fraction of sp³-hybridized carbons (Fsp3) is 0.662. The standard InChI is InChI=1S/C74H123NO8/c1-6-8-10-12-14-16-18-20-22-24-26-28-30-31-32-33-34-35-36-37-38-39-40-41-43-45-47-49-51-53-55-57-59-61-63-65-72(77)83-70(69-82-74(73(78)79)80-67-66-75(3,4)5)68-81-71(76)64-62-60-58-56-54-52-50-48-46-44-42-29-27-25-23-21-19-17-15-13-11-9-7-2/h8-11,14-17,20-23,26-29,31-32,34-35,44,46,70,74H,6-7,12-13,18-19,24-25,30,33,36-43,45,47-69H2,1-5H3/p+1/b10-8-,11-9-,16-14-,17-15-,22-20-,23-21-,28-26-,29-27-,32-31-,35-34-,46-44-. The number of aliphatic carboxylic acids is 1. The van der Waals surface area contributed by atoms with Gasteiger partial charge in [0.2, 0.25) is 0 Å². The van der Waals surface area contributed by atoms with E-state index in [1.165, 1.54) is 109 Å². The summed E-state index contributed by atoms with van der Waals surface area (Å²) in [6.07, 6.45) is 88.3. The molecule has 0 aromatic carbocycles. The predicted molar refractivity (Wildman–Crippen MR) is 354 cm³/mol. The van der Waals surface area contributed by atoms with Gasteiger partial charge in [-0.1, -0.05) is 270 Å². The first-order valence-corrected chi connectivity index (χ1v) is 33.3. The van der Waals surface area contributed by atoms with Crippen LogP contribution in [-0.4, -0.2) is 87.4 Å². The quantitative estimate of drug-likeness (QED) is 0.0211. The highest BCUT2D eigenvalue weighted by Gasteiger charge is 2.25. The number of ether oxygens (including phenoxy) is 4. The first kappa shape index (κ1) is 78.4. The molecule has 9 nitrogen and oxygen atoms in total. The minimum atomic E-state index is -1.52. The van der Waals surface area contributed by atoms with Gasteiger partial charge in [0, 0.05) is 12.8 Å². The van der Waals surface area contributed by atoms with Crippen LogP contribution < -0.4 is 0 Å². The molecule has 0 saturated heterocycles. The Hall–Kier alpha value is -4.57. The van der Waals surface area contributed by atoms with Gasteiger partial charge in [0.25, 0.3) is 6.29 Å². The maximum Gasteiger partial charge on any atom is 0.361 e. The number of carbonyl (C=O) groups is 3. The zero-order valence-electron chi connectivity index (χ0n) is 53.8. The average Bonchev–Trinajstić information content (AvgIpc) is 3.46. The van der Waals surface area contributed by atoms with Crippen molar-refractivity contribution in [2.24, 2.45) is 0 Å². The van der Waals surface area contributed by atoms with Gasteiger partial charge in [-0.25, -0.2) is 4.79 Å². The van der Waals surface area contributed by atoms with Crippen LogP contribution in [0.15, 0.2) is 134 Å². The highest BCUT2D eigenvalue weighted by atomic mass is 16.7. The molecule has 9 heteroatoms. The van der Waals surface area contributed by atoms with E-state index in [9.17, 15) is 19.5 Å². The number of quaternary nitrogens is 1. The smallest absolute Gasteiger partial charge is 0.361 e. The van der Waals surface area contributed by atoms with E-state index in [0.717, 1.165) is 116 Å². The van der Waals surface area contributed by atoms with Crippen molar-refractivity contribution in [2.75, 3.05) is 47.5 Å². The molecule has 2 unspecified atom stereocenters. The second-order valence-electron chi connectivity index (χ2n) is 23.0. The summed E-state index contributed by atoms with van der Waals surface area (Å²) in [6.45, 7) is 4.64. The lowest BCUT2D eigenvalue weighted by Gasteiger charge is -2.25. The van der Waals surface area contributed by atoms with Gasteiger partial charge in [-0.3, -0.25) is 9.59 Å². The van der Waals surface area contributed by atoms with Gasteiger partial charge in [0.15, 0.2) is 6.10 Å². The van der Waals surface area contributed by atoms with Crippen molar-refractivity contribution in [3.8, 4) is 0 Å². The molecular weight excluding hydrogens is 1030 g/mol. The first-order chi connectivity index (χ1) is 40.6. The molecule has 0 aliphatic carbocycles. The Morgan fingerprint density at radius 2 is 0.651 bits per heavy atom. The number of unbranched alkanes of at least 4 members (excludes halogenated alkanes) is 23. The van der Waals surface area contributed by atoms with Crippen molar-refractivity contribution < 1.29 is 42.9 Å². The van der Waals surface area contributed by atoms with Gasteiger partial charge >= 0.3 is 17.9 Å². The summed E-state index contributed by atoms with van der Waals surface area (Å²) in [4.78, 5) is 37.6. The lowest BCUT2D eigenvalue weighted by Crippen LogP contribution is -2.40. The number of carboxylic acids is 1. The average molecular weight is 1160 g/mol. The van der Waals surface area contributed by atoms with Crippen molar-refractivity contribution in [1.82, 2.24) is 0 Å². The maximum absolute atomic E-state index is 12.9. The summed E-state index contributed by atoms with van der Waals surface area (Å²) in [5.74, 6) is -2.02. The molecule has 0 aromatic heterocycles. The van der Waals surface area contributed by atoms with E-state index in [4.69, 9.17) is 18.9 Å². The van der Waals surface area contributed by atoms with Gasteiger partial charge in [-0.05, 0) is 109 Å². The normalized spacial score (nSPS) is 13.6. The van der Waals surface area contributed by atoms with E-state index in [2.05, 4.69) is 148 Å². The number of carbonyl (C=O) groups excluding carboxylic acids is 2. The van der Waals surface area contributed by atoms with Crippen LogP contribution in [0.2, 0.25) is 0 Å². The summed E-state index contributed by atoms with van der Waals surface area (Å²) in [7, 11) is 5.97. The van der Waals surface area contributed by atoms with E-state index in [1.807, 2.05) is 21.1 Å². The van der Waals surface area contributed by atoms with Crippen molar-refractivity contribution in [3.63, 3.8) is 0 Å². The molecule has 2 atom stereocenters. The van der Waals surface area contributed by atoms with Gasteiger partial charge in [0.1, 0.15) is 13.2 Å². The molecule has 0 amide bonds. The van der Waals surface area contributed by atoms with Gasteiger partial charge in [-0.2, -0.15) is 0 Å². The predicted octanol–water partition coefficient (Wildman–Crippen LogP) is 20.6. The molecule has 0 spiro atoms. The summed E-state index contributed by atoms with van der Waals surface area (Å²) in [5, 5.41) is 9.74. The van der Waals surface area contributed by atoms with Crippen LogP contribution in [0.25, 0.3) is 0 Å². The third-order valence-electron chi connectivity index (χ3n) is 13.9. The second-order valence-corrected chi connectivity index (χ2v) is 23.0. The molecule has 0 rings (SSSR count). The summed E-state index contributed by atoms with van der Waals surface area (Å²) in [6, 6.07) is 0. The van der Waals surface area contributed by atoms with Crippen LogP contribution in [0.5, 0.6) is 0 Å². The Bertz CT molecular complexity index is 1820. The van der Waals surface area contributed by atoms with Gasteiger partial charge in [0.05, 0.1) is 34.4 Å². The molecule has 0 aliphatic rings. The minimum absolute atomic E-state index is 0.180. The summed E-state index contributed by atoms with van der Waals surface area (Å²) in [5.41, 5.74) is 0. The highest BCUT2D eigenvalue weighted by Crippen LogP contribution is 2.16. The number of rotatable bonds is 60. The van der Waals surface area contributed by atoms with Gasteiger partial charge in [-0.15, -0.1) is 0 Å². The van der Waals surface area contributed by atoms with E-state index in [0.29, 0.717) is 17.4 Å². The molecule has 0 saturated carbocycles. The van der Waals surface area contributed by atoms with Crippen LogP contribution in [0.3, 0.4) is 0 Å². The molecule has 0 heterocycles. The molecule has 0 aromatic rings. The fourth-order valence-corrected chi connectivity index (χ4v) is 8.87. The zero-order chi connectivity index (χ0) is 60.5. The summed E-state index contributed by atoms with van der Waals surface area (Å²) >= 11 is 0. The number of likely N-dealkylation sites (N-methyl/N-ethyl adjacent to an activating group) is 1. The molecule has 0 bridgehead atoms. The molecule has 83 heavy (non-hydrogen) atoms. The number of nitrogens with zero attached hydrogens (tertiary/aromatic N) is 1. The Morgan fingerprint density at radius 3 is 0.964 bits per heavy atom. The Labute approximate surface area is 509 Å². The molecule has 0 fully saturated rings. The zero-order valence-corrected chi connectivity index (χ0v) is 53.8. The van der Waals surface area contributed by atoms with Crippen molar-refractivity contribution in [2.45, 2.75) is 270 Å². The highest BCUT2D eigenvalue weighted by molar-refractivity contribution is 5.71. The van der Waals surface area contributed by atoms with Crippen molar-refractivity contribution >= 4 is 17.9 Å². The first-order valence-electron chi connectivity index (χ1n) is 33.3. The Balaban J connectivity index is 4.16. The Kier molecular flexibility index (Phi) is 60.0. The minimum Gasteiger partial charge on any atom is -0.477 e. The molecule has 472 valence electrons. The number of esters is 2. The van der Waals surface area contributed by atoms with E-state index < -0.39 is 24.3 Å². The monoisotopic (exact) mass is 1150 g/mol. The number of hydrogen-bond acceptors (Lipinski definition) is 7. The van der Waals surface area contributed by atoms with Crippen LogP contribution in [-0.2, 0) is 33.3 Å². The Morgan fingerprint density at radius 1 is 0.361 bits per heavy atom. The van der Waals surface area contributed by atoms with Gasteiger partial charge < -0.3 is 28.5 Å².